The molecule has 0 atom stereocenters. The Hall–Kier alpha value is -1.23. The number of rotatable bonds is 2. The Bertz CT molecular complexity index is 550. The van der Waals surface area contributed by atoms with Gasteiger partial charge in [0.15, 0.2) is 0 Å². The maximum absolute atomic E-state index is 5.74. The molecule has 0 radical (unpaired) electrons. The summed E-state index contributed by atoms with van der Waals surface area (Å²) in [5.74, 6) is 0. The van der Waals surface area contributed by atoms with E-state index in [-0.39, 0.29) is 0 Å². The van der Waals surface area contributed by atoms with E-state index in [1.165, 1.54) is 11.1 Å². The summed E-state index contributed by atoms with van der Waals surface area (Å²) in [7, 11) is 0. The Morgan fingerprint density at radius 1 is 1.00 bits per heavy atom. The lowest BCUT2D eigenvalue weighted by atomic mass is 10.1. The van der Waals surface area contributed by atoms with E-state index in [2.05, 4.69) is 60.0 Å². The molecule has 0 heterocycles. The summed E-state index contributed by atoms with van der Waals surface area (Å²) in [6, 6.07) is 12.3. The molecule has 0 aromatic heterocycles. The van der Waals surface area contributed by atoms with Crippen molar-refractivity contribution in [2.75, 3.05) is 11.1 Å². The Morgan fingerprint density at radius 2 is 1.76 bits per heavy atom. The molecule has 0 aliphatic rings. The van der Waals surface area contributed by atoms with E-state index in [0.717, 1.165) is 20.6 Å². The third-order valence-electron chi connectivity index (χ3n) is 2.66. The topological polar surface area (TPSA) is 38.0 Å². The Kier molecular flexibility index (Phi) is 3.57. The minimum absolute atomic E-state index is 0.793. The third-order valence-corrected chi connectivity index (χ3v) is 3.55. The molecule has 0 aliphatic carbocycles. The van der Waals surface area contributed by atoms with Crippen molar-refractivity contribution in [2.45, 2.75) is 13.8 Å². The lowest BCUT2D eigenvalue weighted by Gasteiger charge is -2.12. The number of hydrogen-bond donors (Lipinski definition) is 2. The molecular formula is C14H15IN2. The van der Waals surface area contributed by atoms with E-state index < -0.39 is 0 Å². The van der Waals surface area contributed by atoms with Crippen LogP contribution in [0, 0.1) is 17.4 Å². The van der Waals surface area contributed by atoms with Gasteiger partial charge in [0, 0.05) is 14.9 Å². The largest absolute Gasteiger partial charge is 0.399 e. The average molecular weight is 338 g/mol. The lowest BCUT2D eigenvalue weighted by Crippen LogP contribution is -1.97. The van der Waals surface area contributed by atoms with Gasteiger partial charge in [-0.25, -0.2) is 0 Å². The highest BCUT2D eigenvalue weighted by Gasteiger charge is 2.03. The van der Waals surface area contributed by atoms with E-state index in [9.17, 15) is 0 Å². The van der Waals surface area contributed by atoms with Crippen LogP contribution in [0.25, 0.3) is 0 Å². The third kappa shape index (κ3) is 2.91. The van der Waals surface area contributed by atoms with Crippen molar-refractivity contribution in [1.29, 1.82) is 0 Å². The lowest BCUT2D eigenvalue weighted by molar-refractivity contribution is 1.37. The molecule has 2 rings (SSSR count). The predicted molar refractivity (Wildman–Crippen MR) is 82.8 cm³/mol. The fraction of sp³-hybridized carbons (Fsp3) is 0.143. The molecule has 88 valence electrons. The Morgan fingerprint density at radius 3 is 2.47 bits per heavy atom. The monoisotopic (exact) mass is 338 g/mol. The summed E-state index contributed by atoms with van der Waals surface area (Å²) in [4.78, 5) is 0. The number of nitrogens with two attached hydrogens (primary N) is 1. The van der Waals surface area contributed by atoms with Crippen LogP contribution < -0.4 is 11.1 Å². The van der Waals surface area contributed by atoms with Crippen molar-refractivity contribution in [3.63, 3.8) is 0 Å². The second-order valence-electron chi connectivity index (χ2n) is 4.18. The van der Waals surface area contributed by atoms with Gasteiger partial charge in [0.25, 0.3) is 0 Å². The van der Waals surface area contributed by atoms with Crippen LogP contribution in [-0.4, -0.2) is 0 Å². The fourth-order valence-corrected chi connectivity index (χ4v) is 2.32. The maximum Gasteiger partial charge on any atom is 0.0521 e. The summed E-state index contributed by atoms with van der Waals surface area (Å²) in [5.41, 5.74) is 11.3. The molecule has 2 nitrogen and oxygen atoms in total. The molecule has 0 bridgehead atoms. The number of anilines is 3. The molecule has 0 fully saturated rings. The summed E-state index contributed by atoms with van der Waals surface area (Å²) in [6.07, 6.45) is 0. The van der Waals surface area contributed by atoms with Crippen LogP contribution >= 0.6 is 22.6 Å². The number of aryl methyl sites for hydroxylation is 2. The molecule has 2 aromatic carbocycles. The van der Waals surface area contributed by atoms with Crippen molar-refractivity contribution >= 4 is 39.7 Å². The zero-order valence-corrected chi connectivity index (χ0v) is 12.1. The average Bonchev–Trinajstić information content (AvgIpc) is 2.27. The number of hydrogen-bond acceptors (Lipinski definition) is 2. The molecule has 0 amide bonds. The first-order chi connectivity index (χ1) is 8.06. The van der Waals surface area contributed by atoms with Gasteiger partial charge in [-0.2, -0.15) is 0 Å². The van der Waals surface area contributed by atoms with Crippen LogP contribution in [0.5, 0.6) is 0 Å². The van der Waals surface area contributed by atoms with Crippen LogP contribution in [0.1, 0.15) is 11.1 Å². The summed E-state index contributed by atoms with van der Waals surface area (Å²) in [5, 5.41) is 3.45. The molecule has 0 spiro atoms. The quantitative estimate of drug-likeness (QED) is 0.635. The molecule has 0 saturated carbocycles. The van der Waals surface area contributed by atoms with Gasteiger partial charge in [0.05, 0.1) is 5.69 Å². The van der Waals surface area contributed by atoms with Gasteiger partial charge in [-0.3, -0.25) is 0 Å². The fourth-order valence-electron chi connectivity index (χ4n) is 1.65. The van der Waals surface area contributed by atoms with Crippen molar-refractivity contribution < 1.29 is 0 Å². The second kappa shape index (κ2) is 4.96. The smallest absolute Gasteiger partial charge is 0.0521 e. The van der Waals surface area contributed by atoms with Gasteiger partial charge in [-0.1, -0.05) is 12.1 Å². The molecular weight excluding hydrogens is 323 g/mol. The van der Waals surface area contributed by atoms with Gasteiger partial charge < -0.3 is 11.1 Å². The van der Waals surface area contributed by atoms with Crippen molar-refractivity contribution in [3.8, 4) is 0 Å². The van der Waals surface area contributed by atoms with Crippen molar-refractivity contribution in [1.82, 2.24) is 0 Å². The number of benzene rings is 2. The summed E-state index contributed by atoms with van der Waals surface area (Å²) < 4.78 is 1.13. The number of nitrogens with one attached hydrogen (secondary N) is 1. The molecule has 3 N–H and O–H groups in total. The maximum atomic E-state index is 5.74. The number of nitrogen functional groups attached to an aromatic ring is 1. The molecule has 2 aromatic rings. The van der Waals surface area contributed by atoms with Crippen LogP contribution in [0.15, 0.2) is 36.4 Å². The minimum Gasteiger partial charge on any atom is -0.399 e. The first kappa shape index (κ1) is 12.2. The molecule has 0 aliphatic heterocycles. The summed E-state index contributed by atoms with van der Waals surface area (Å²) >= 11 is 2.29. The highest BCUT2D eigenvalue weighted by molar-refractivity contribution is 14.1. The van der Waals surface area contributed by atoms with Crippen molar-refractivity contribution in [2.24, 2.45) is 0 Å². The molecule has 0 saturated heterocycles. The van der Waals surface area contributed by atoms with Gasteiger partial charge in [0.2, 0.25) is 0 Å². The SMILES string of the molecule is Cc1ccc(C)c(Nc2ccc(N)cc2I)c1. The zero-order valence-electron chi connectivity index (χ0n) is 9.92. The van der Waals surface area contributed by atoms with E-state index in [1.54, 1.807) is 0 Å². The van der Waals surface area contributed by atoms with E-state index >= 15 is 0 Å². The van der Waals surface area contributed by atoms with Gasteiger partial charge in [-0.15, -0.1) is 0 Å². The highest BCUT2D eigenvalue weighted by Crippen LogP contribution is 2.26. The van der Waals surface area contributed by atoms with Gasteiger partial charge in [-0.05, 0) is 71.8 Å². The minimum atomic E-state index is 0.793. The Balaban J connectivity index is 2.34. The van der Waals surface area contributed by atoms with Crippen LogP contribution in [0.3, 0.4) is 0 Å². The molecule has 0 unspecified atom stereocenters. The highest BCUT2D eigenvalue weighted by atomic mass is 127. The van der Waals surface area contributed by atoms with E-state index in [4.69, 9.17) is 5.73 Å². The summed E-state index contributed by atoms with van der Waals surface area (Å²) in [6.45, 7) is 4.20. The molecule has 17 heavy (non-hydrogen) atoms. The zero-order chi connectivity index (χ0) is 12.4. The van der Waals surface area contributed by atoms with E-state index in [0.29, 0.717) is 0 Å². The van der Waals surface area contributed by atoms with Crippen LogP contribution in [0.4, 0.5) is 17.1 Å². The van der Waals surface area contributed by atoms with Crippen LogP contribution in [-0.2, 0) is 0 Å². The normalized spacial score (nSPS) is 10.3. The van der Waals surface area contributed by atoms with E-state index in [1.807, 2.05) is 18.2 Å². The van der Waals surface area contributed by atoms with Crippen LogP contribution in [0.2, 0.25) is 0 Å². The first-order valence-electron chi connectivity index (χ1n) is 5.45. The second-order valence-corrected chi connectivity index (χ2v) is 5.34. The number of halogens is 1. The standard InChI is InChI=1S/C14H15IN2/c1-9-3-4-10(2)14(7-9)17-13-6-5-11(16)8-12(13)15/h3-8,17H,16H2,1-2H3. The predicted octanol–water partition coefficient (Wildman–Crippen LogP) is 4.23. The van der Waals surface area contributed by atoms with Crippen molar-refractivity contribution in [3.05, 3.63) is 51.1 Å². The van der Waals surface area contributed by atoms with Gasteiger partial charge in [0.1, 0.15) is 0 Å². The Labute approximate surface area is 115 Å². The van der Waals surface area contributed by atoms with Gasteiger partial charge >= 0.3 is 0 Å². The first-order valence-corrected chi connectivity index (χ1v) is 6.53. The molecule has 3 heteroatoms.